The largest absolute Gasteiger partial charge is 0.329 e. The Labute approximate surface area is 104 Å². The summed E-state index contributed by atoms with van der Waals surface area (Å²) < 4.78 is 0. The summed E-state index contributed by atoms with van der Waals surface area (Å²) in [5.74, 6) is 0. The van der Waals surface area contributed by atoms with Crippen LogP contribution in [0, 0.1) is 0 Å². The fraction of sp³-hybridized carbons (Fsp3) is 0.600. The lowest BCUT2D eigenvalue weighted by molar-refractivity contribution is 0.0997. The number of hydrogen-bond donors (Lipinski definition) is 1. The van der Waals surface area contributed by atoms with Gasteiger partial charge in [-0.3, -0.25) is 4.90 Å². The highest BCUT2D eigenvalue weighted by Gasteiger charge is 2.45. The van der Waals surface area contributed by atoms with Crippen molar-refractivity contribution in [3.8, 4) is 0 Å². The summed E-state index contributed by atoms with van der Waals surface area (Å²) in [4.78, 5) is 2.67. The molecule has 1 aromatic carbocycles. The summed E-state index contributed by atoms with van der Waals surface area (Å²) in [5, 5.41) is 0. The Kier molecular flexibility index (Phi) is 2.72. The minimum absolute atomic E-state index is 0.208. The normalized spacial score (nSPS) is 21.8. The topological polar surface area (TPSA) is 29.3 Å². The molecule has 1 saturated carbocycles. The number of fused-ring (bicyclic) bond motifs is 1. The van der Waals surface area contributed by atoms with Gasteiger partial charge in [0.1, 0.15) is 0 Å². The van der Waals surface area contributed by atoms with Crippen molar-refractivity contribution < 1.29 is 0 Å². The highest BCUT2D eigenvalue weighted by atomic mass is 15.3. The zero-order valence-corrected chi connectivity index (χ0v) is 10.7. The van der Waals surface area contributed by atoms with Crippen LogP contribution in [0.2, 0.25) is 0 Å². The Hall–Kier alpha value is -0.860. The summed E-state index contributed by atoms with van der Waals surface area (Å²) in [6.07, 6.45) is 5.02. The van der Waals surface area contributed by atoms with Crippen LogP contribution < -0.4 is 5.73 Å². The fourth-order valence-electron chi connectivity index (χ4n) is 3.51. The summed E-state index contributed by atoms with van der Waals surface area (Å²) in [6.45, 7) is 4.20. The molecule has 3 rings (SSSR count). The number of nitrogens with two attached hydrogens (primary N) is 1. The Morgan fingerprint density at radius 1 is 1.24 bits per heavy atom. The van der Waals surface area contributed by atoms with E-state index in [1.165, 1.54) is 24.0 Å². The van der Waals surface area contributed by atoms with Crippen molar-refractivity contribution in [1.29, 1.82) is 0 Å². The molecule has 2 aliphatic rings. The molecule has 0 radical (unpaired) electrons. The van der Waals surface area contributed by atoms with Crippen LogP contribution in [0.4, 0.5) is 0 Å². The van der Waals surface area contributed by atoms with Crippen LogP contribution in [0.15, 0.2) is 24.3 Å². The van der Waals surface area contributed by atoms with E-state index in [9.17, 15) is 0 Å². The predicted molar refractivity (Wildman–Crippen MR) is 71.0 cm³/mol. The molecule has 0 unspecified atom stereocenters. The van der Waals surface area contributed by atoms with E-state index in [0.717, 1.165) is 32.0 Å². The molecular weight excluding hydrogens is 208 g/mol. The molecule has 0 aromatic heterocycles. The van der Waals surface area contributed by atoms with E-state index in [0.29, 0.717) is 0 Å². The number of benzene rings is 1. The lowest BCUT2D eigenvalue weighted by Gasteiger charge is -2.40. The van der Waals surface area contributed by atoms with E-state index in [4.69, 9.17) is 5.73 Å². The maximum absolute atomic E-state index is 6.15. The first-order chi connectivity index (χ1) is 8.29. The number of rotatable bonds is 4. The van der Waals surface area contributed by atoms with Gasteiger partial charge in [-0.15, -0.1) is 0 Å². The quantitative estimate of drug-likeness (QED) is 0.857. The molecule has 0 spiro atoms. The summed E-state index contributed by atoms with van der Waals surface area (Å²) in [6, 6.07) is 9.65. The maximum Gasteiger partial charge on any atom is 0.0415 e. The molecule has 2 N–H and O–H groups in total. The van der Waals surface area contributed by atoms with Gasteiger partial charge in [-0.25, -0.2) is 0 Å². The standard InChI is InChI=1S/C15H22N2/c1-2-17(14-7-8-14)15(11-16)9-12-5-3-4-6-13(12)10-15/h3-6,14H,2,7-11,16H2,1H3. The Bertz CT molecular complexity index is 384. The van der Waals surface area contributed by atoms with Crippen molar-refractivity contribution in [1.82, 2.24) is 4.90 Å². The van der Waals surface area contributed by atoms with Crippen LogP contribution in [0.3, 0.4) is 0 Å². The zero-order valence-electron chi connectivity index (χ0n) is 10.7. The van der Waals surface area contributed by atoms with Crippen molar-refractivity contribution in [2.75, 3.05) is 13.1 Å². The third-order valence-electron chi connectivity index (χ3n) is 4.47. The van der Waals surface area contributed by atoms with E-state index >= 15 is 0 Å². The highest BCUT2D eigenvalue weighted by Crippen LogP contribution is 2.40. The molecule has 0 aliphatic heterocycles. The molecule has 1 aromatic rings. The SMILES string of the molecule is CCN(C1CC1)C1(CN)Cc2ccccc2C1. The fourth-order valence-corrected chi connectivity index (χ4v) is 3.51. The van der Waals surface area contributed by atoms with E-state index < -0.39 is 0 Å². The molecule has 2 nitrogen and oxygen atoms in total. The second-order valence-corrected chi connectivity index (χ2v) is 5.57. The predicted octanol–water partition coefficient (Wildman–Crippen LogP) is 1.97. The van der Waals surface area contributed by atoms with Gasteiger partial charge in [-0.2, -0.15) is 0 Å². The highest BCUT2D eigenvalue weighted by molar-refractivity contribution is 5.37. The lowest BCUT2D eigenvalue weighted by atomic mass is 9.93. The van der Waals surface area contributed by atoms with E-state index in [2.05, 4.69) is 36.1 Å². The molecule has 2 aliphatic carbocycles. The van der Waals surface area contributed by atoms with Crippen LogP contribution in [-0.4, -0.2) is 29.6 Å². The Morgan fingerprint density at radius 3 is 2.24 bits per heavy atom. The van der Waals surface area contributed by atoms with Crippen molar-refractivity contribution in [3.05, 3.63) is 35.4 Å². The minimum Gasteiger partial charge on any atom is -0.329 e. The zero-order chi connectivity index (χ0) is 11.9. The number of likely N-dealkylation sites (N-methyl/N-ethyl adjacent to an activating group) is 1. The van der Waals surface area contributed by atoms with Gasteiger partial charge < -0.3 is 5.73 Å². The van der Waals surface area contributed by atoms with E-state index in [1.807, 2.05) is 0 Å². The maximum atomic E-state index is 6.15. The van der Waals surface area contributed by atoms with Gasteiger partial charge in [0.2, 0.25) is 0 Å². The average Bonchev–Trinajstić information content (AvgIpc) is 3.10. The van der Waals surface area contributed by atoms with Crippen LogP contribution in [0.5, 0.6) is 0 Å². The Morgan fingerprint density at radius 2 is 1.82 bits per heavy atom. The molecule has 92 valence electrons. The first kappa shape index (κ1) is 11.2. The average molecular weight is 230 g/mol. The van der Waals surface area contributed by atoms with E-state index in [-0.39, 0.29) is 5.54 Å². The molecule has 1 fully saturated rings. The van der Waals surface area contributed by atoms with Gasteiger partial charge in [-0.1, -0.05) is 31.2 Å². The second kappa shape index (κ2) is 4.11. The molecule has 2 heteroatoms. The van der Waals surface area contributed by atoms with Crippen LogP contribution in [-0.2, 0) is 12.8 Å². The monoisotopic (exact) mass is 230 g/mol. The van der Waals surface area contributed by atoms with Gasteiger partial charge in [0.15, 0.2) is 0 Å². The number of nitrogens with zero attached hydrogens (tertiary/aromatic N) is 1. The molecule has 0 atom stereocenters. The van der Waals surface area contributed by atoms with Crippen LogP contribution in [0.1, 0.15) is 30.9 Å². The van der Waals surface area contributed by atoms with Gasteiger partial charge in [0.05, 0.1) is 0 Å². The van der Waals surface area contributed by atoms with Gasteiger partial charge >= 0.3 is 0 Å². The van der Waals surface area contributed by atoms with Crippen molar-refractivity contribution in [3.63, 3.8) is 0 Å². The molecule has 0 amide bonds. The minimum atomic E-state index is 0.208. The van der Waals surface area contributed by atoms with E-state index in [1.54, 1.807) is 0 Å². The molecule has 17 heavy (non-hydrogen) atoms. The van der Waals surface area contributed by atoms with Crippen LogP contribution >= 0.6 is 0 Å². The molecular formula is C15H22N2. The van der Waals surface area contributed by atoms with Crippen molar-refractivity contribution >= 4 is 0 Å². The van der Waals surface area contributed by atoms with Gasteiger partial charge in [0.25, 0.3) is 0 Å². The summed E-state index contributed by atoms with van der Waals surface area (Å²) in [7, 11) is 0. The second-order valence-electron chi connectivity index (χ2n) is 5.57. The Balaban J connectivity index is 1.90. The first-order valence-corrected chi connectivity index (χ1v) is 6.83. The van der Waals surface area contributed by atoms with Gasteiger partial charge in [0, 0.05) is 18.1 Å². The van der Waals surface area contributed by atoms with Gasteiger partial charge in [-0.05, 0) is 43.4 Å². The molecule has 0 saturated heterocycles. The van der Waals surface area contributed by atoms with Crippen molar-refractivity contribution in [2.24, 2.45) is 5.73 Å². The third kappa shape index (κ3) is 1.80. The van der Waals surface area contributed by atoms with Crippen molar-refractivity contribution in [2.45, 2.75) is 44.2 Å². The number of hydrogen-bond acceptors (Lipinski definition) is 2. The smallest absolute Gasteiger partial charge is 0.0415 e. The lowest BCUT2D eigenvalue weighted by Crippen LogP contribution is -2.55. The summed E-state index contributed by atoms with van der Waals surface area (Å²) >= 11 is 0. The van der Waals surface area contributed by atoms with Crippen LogP contribution in [0.25, 0.3) is 0 Å². The first-order valence-electron chi connectivity index (χ1n) is 6.83. The third-order valence-corrected chi connectivity index (χ3v) is 4.47. The molecule has 0 bridgehead atoms. The molecule has 0 heterocycles. The summed E-state index contributed by atoms with van der Waals surface area (Å²) in [5.41, 5.74) is 9.38.